The van der Waals surface area contributed by atoms with Crippen LogP contribution in [0.2, 0.25) is 0 Å². The second kappa shape index (κ2) is 7.72. The number of benzene rings is 1. The van der Waals surface area contributed by atoms with Crippen LogP contribution in [0.5, 0.6) is 0 Å². The number of aryl methyl sites for hydroxylation is 3. The number of esters is 1. The van der Waals surface area contributed by atoms with Crippen molar-refractivity contribution in [1.29, 1.82) is 0 Å². The highest BCUT2D eigenvalue weighted by Gasteiger charge is 2.30. The highest BCUT2D eigenvalue weighted by atomic mass is 16.6. The maximum atomic E-state index is 12.8. The van der Waals surface area contributed by atoms with Crippen molar-refractivity contribution in [3.05, 3.63) is 52.4 Å². The lowest BCUT2D eigenvalue weighted by Gasteiger charge is -2.20. The van der Waals surface area contributed by atoms with Crippen molar-refractivity contribution in [3.8, 4) is 0 Å². The molecule has 1 aliphatic carbocycles. The first-order valence-electron chi connectivity index (χ1n) is 8.96. The van der Waals surface area contributed by atoms with E-state index in [2.05, 4.69) is 10.5 Å². The summed E-state index contributed by atoms with van der Waals surface area (Å²) in [6, 6.07) is 7.57. The summed E-state index contributed by atoms with van der Waals surface area (Å²) in [6.45, 7) is 5.29. The topological polar surface area (TPSA) is 81.4 Å². The minimum Gasteiger partial charge on any atom is -0.444 e. The van der Waals surface area contributed by atoms with Gasteiger partial charge in [-0.05, 0) is 33.6 Å². The molecule has 0 saturated heterocycles. The quantitative estimate of drug-likeness (QED) is 0.829. The number of amides is 1. The summed E-state index contributed by atoms with van der Waals surface area (Å²) in [6.07, 6.45) is 3.14. The molecule has 1 aliphatic rings. The van der Waals surface area contributed by atoms with Crippen LogP contribution in [-0.2, 0) is 9.53 Å². The van der Waals surface area contributed by atoms with E-state index in [1.54, 1.807) is 13.8 Å². The molecule has 1 atom stereocenters. The van der Waals surface area contributed by atoms with Crippen LogP contribution in [0, 0.1) is 20.8 Å². The molecule has 1 amide bonds. The number of ether oxygens (including phenoxy) is 1. The molecule has 1 aromatic heterocycles. The van der Waals surface area contributed by atoms with E-state index in [-0.39, 0.29) is 17.5 Å². The Morgan fingerprint density at radius 3 is 2.38 bits per heavy atom. The van der Waals surface area contributed by atoms with E-state index in [1.807, 2.05) is 31.2 Å². The first-order valence-corrected chi connectivity index (χ1v) is 8.96. The molecule has 0 aliphatic heterocycles. The fourth-order valence-corrected chi connectivity index (χ4v) is 3.30. The van der Waals surface area contributed by atoms with Crippen LogP contribution in [-0.4, -0.2) is 23.1 Å². The number of hydrogen-bond donors (Lipinski definition) is 1. The van der Waals surface area contributed by atoms with Crippen LogP contribution in [0.15, 0.2) is 28.8 Å². The monoisotopic (exact) mass is 356 g/mol. The van der Waals surface area contributed by atoms with Crippen molar-refractivity contribution in [2.24, 2.45) is 0 Å². The number of aromatic nitrogens is 1. The van der Waals surface area contributed by atoms with E-state index >= 15 is 0 Å². The maximum Gasteiger partial charge on any atom is 0.344 e. The number of nitrogens with one attached hydrogen (secondary N) is 1. The molecule has 1 N–H and O–H groups in total. The normalized spacial score (nSPS) is 15.7. The Kier molecular flexibility index (Phi) is 5.40. The van der Waals surface area contributed by atoms with Crippen LogP contribution in [0.3, 0.4) is 0 Å². The summed E-state index contributed by atoms with van der Waals surface area (Å²) in [5.74, 6) is -0.513. The van der Waals surface area contributed by atoms with Gasteiger partial charge < -0.3 is 14.6 Å². The molecule has 6 nitrogen and oxygen atoms in total. The van der Waals surface area contributed by atoms with Crippen LogP contribution in [0.1, 0.15) is 64.7 Å². The van der Waals surface area contributed by atoms with Gasteiger partial charge in [0.15, 0.2) is 0 Å². The summed E-state index contributed by atoms with van der Waals surface area (Å²) in [7, 11) is 0. The van der Waals surface area contributed by atoms with Gasteiger partial charge in [0.25, 0.3) is 5.91 Å². The van der Waals surface area contributed by atoms with Gasteiger partial charge in [0, 0.05) is 11.6 Å². The molecule has 2 aromatic rings. The smallest absolute Gasteiger partial charge is 0.344 e. The lowest BCUT2D eigenvalue weighted by Crippen LogP contribution is -2.38. The number of carbonyl (C=O) groups excluding carboxylic acids is 2. The van der Waals surface area contributed by atoms with E-state index in [1.165, 1.54) is 0 Å². The molecule has 1 heterocycles. The lowest BCUT2D eigenvalue weighted by atomic mass is 10.1. The Hall–Kier alpha value is -2.63. The van der Waals surface area contributed by atoms with Gasteiger partial charge in [0.05, 0.1) is 5.69 Å². The maximum absolute atomic E-state index is 12.8. The van der Waals surface area contributed by atoms with E-state index in [9.17, 15) is 9.59 Å². The average Bonchev–Trinajstić information content (AvgIpc) is 3.23. The van der Waals surface area contributed by atoms with Crippen molar-refractivity contribution in [1.82, 2.24) is 10.5 Å². The standard InChI is InChI=1S/C20H24N2O4/c1-12-8-10-15(11-9-12)18(19(23)21-16-6-4-5-7-16)25-20(24)17-13(2)22-26-14(17)3/h8-11,16,18H,4-7H2,1-3H3,(H,21,23)/t18-/m1/s1. The van der Waals surface area contributed by atoms with Crippen molar-refractivity contribution >= 4 is 11.9 Å². The molecule has 1 fully saturated rings. The van der Waals surface area contributed by atoms with Crippen LogP contribution in [0.4, 0.5) is 0 Å². The minimum absolute atomic E-state index is 0.146. The molecule has 0 bridgehead atoms. The highest BCUT2D eigenvalue weighted by Crippen LogP contribution is 2.24. The number of carbonyl (C=O) groups is 2. The van der Waals surface area contributed by atoms with Gasteiger partial charge in [0.2, 0.25) is 6.10 Å². The van der Waals surface area contributed by atoms with Crippen LogP contribution < -0.4 is 5.32 Å². The summed E-state index contributed by atoms with van der Waals surface area (Å²) in [5.41, 5.74) is 2.44. The number of hydrogen-bond acceptors (Lipinski definition) is 5. The summed E-state index contributed by atoms with van der Waals surface area (Å²) in [4.78, 5) is 25.5. The van der Waals surface area contributed by atoms with E-state index < -0.39 is 12.1 Å². The Morgan fingerprint density at radius 1 is 1.15 bits per heavy atom. The van der Waals surface area contributed by atoms with Crippen LogP contribution >= 0.6 is 0 Å². The minimum atomic E-state index is -1.00. The Bertz CT molecular complexity index is 769. The third-order valence-corrected chi connectivity index (χ3v) is 4.78. The molecule has 6 heteroatoms. The van der Waals surface area contributed by atoms with E-state index in [0.29, 0.717) is 17.0 Å². The van der Waals surface area contributed by atoms with Gasteiger partial charge in [-0.15, -0.1) is 0 Å². The molecule has 138 valence electrons. The Balaban J connectivity index is 1.83. The first-order chi connectivity index (χ1) is 12.5. The second-order valence-electron chi connectivity index (χ2n) is 6.89. The molecule has 3 rings (SSSR count). The number of rotatable bonds is 5. The van der Waals surface area contributed by atoms with E-state index in [0.717, 1.165) is 31.2 Å². The molecule has 1 aromatic carbocycles. The lowest BCUT2D eigenvalue weighted by molar-refractivity contribution is -0.131. The predicted octanol–water partition coefficient (Wildman–Crippen LogP) is 3.56. The molecular formula is C20H24N2O4. The average molecular weight is 356 g/mol. The molecule has 1 saturated carbocycles. The first kappa shape index (κ1) is 18.2. The SMILES string of the molecule is Cc1ccc([C@@H](OC(=O)c2c(C)noc2C)C(=O)NC2CCCC2)cc1. The Labute approximate surface area is 152 Å². The highest BCUT2D eigenvalue weighted by molar-refractivity contribution is 5.94. The summed E-state index contributed by atoms with van der Waals surface area (Å²) in [5, 5.41) is 6.80. The zero-order chi connectivity index (χ0) is 18.7. The summed E-state index contributed by atoms with van der Waals surface area (Å²) < 4.78 is 10.6. The Morgan fingerprint density at radius 2 is 1.81 bits per heavy atom. The molecular weight excluding hydrogens is 332 g/mol. The predicted molar refractivity (Wildman–Crippen MR) is 95.7 cm³/mol. The zero-order valence-corrected chi connectivity index (χ0v) is 15.4. The van der Waals surface area contributed by atoms with Gasteiger partial charge in [-0.2, -0.15) is 0 Å². The molecule has 0 radical (unpaired) electrons. The van der Waals surface area contributed by atoms with Crippen LogP contribution in [0.25, 0.3) is 0 Å². The van der Waals surface area contributed by atoms with Gasteiger partial charge in [-0.25, -0.2) is 4.79 Å². The summed E-state index contributed by atoms with van der Waals surface area (Å²) >= 11 is 0. The van der Waals surface area contributed by atoms with Crippen molar-refractivity contribution in [2.45, 2.75) is 58.6 Å². The van der Waals surface area contributed by atoms with Crippen molar-refractivity contribution in [3.63, 3.8) is 0 Å². The van der Waals surface area contributed by atoms with E-state index in [4.69, 9.17) is 9.26 Å². The van der Waals surface area contributed by atoms with Gasteiger partial charge in [-0.1, -0.05) is 47.8 Å². The van der Waals surface area contributed by atoms with Gasteiger partial charge in [-0.3, -0.25) is 4.79 Å². The number of nitrogens with zero attached hydrogens (tertiary/aromatic N) is 1. The third-order valence-electron chi connectivity index (χ3n) is 4.78. The fourth-order valence-electron chi connectivity index (χ4n) is 3.30. The third kappa shape index (κ3) is 3.95. The second-order valence-corrected chi connectivity index (χ2v) is 6.89. The molecule has 26 heavy (non-hydrogen) atoms. The molecule has 0 unspecified atom stereocenters. The largest absolute Gasteiger partial charge is 0.444 e. The van der Waals surface area contributed by atoms with Crippen molar-refractivity contribution < 1.29 is 18.8 Å². The van der Waals surface area contributed by atoms with Gasteiger partial charge >= 0.3 is 5.97 Å². The fraction of sp³-hybridized carbons (Fsp3) is 0.450. The van der Waals surface area contributed by atoms with Gasteiger partial charge in [0.1, 0.15) is 11.3 Å². The molecule has 0 spiro atoms. The zero-order valence-electron chi connectivity index (χ0n) is 15.4. The van der Waals surface area contributed by atoms with Crippen molar-refractivity contribution in [2.75, 3.05) is 0 Å².